The van der Waals surface area contributed by atoms with Crippen molar-refractivity contribution in [1.82, 2.24) is 10.2 Å². The summed E-state index contributed by atoms with van der Waals surface area (Å²) in [5.74, 6) is 0.487. The number of likely N-dealkylation sites (tertiary alicyclic amines) is 1. The maximum Gasteiger partial charge on any atom is 0.244 e. The maximum atomic E-state index is 11.9. The van der Waals surface area contributed by atoms with Crippen molar-refractivity contribution in [2.45, 2.75) is 33.1 Å². The van der Waals surface area contributed by atoms with Crippen LogP contribution in [0.25, 0.3) is 6.08 Å². The van der Waals surface area contributed by atoms with Crippen LogP contribution >= 0.6 is 0 Å². The summed E-state index contributed by atoms with van der Waals surface area (Å²) in [7, 11) is 0. The number of hydrogen-bond acceptors (Lipinski definition) is 2. The summed E-state index contributed by atoms with van der Waals surface area (Å²) in [6.45, 7) is 8.52. The van der Waals surface area contributed by atoms with E-state index in [0.717, 1.165) is 18.7 Å². The van der Waals surface area contributed by atoms with Gasteiger partial charge >= 0.3 is 0 Å². The number of carbonyl (C=O) groups excluding carboxylic acids is 1. The molecule has 1 N–H and O–H groups in total. The molecule has 1 aromatic carbocycles. The van der Waals surface area contributed by atoms with Crippen molar-refractivity contribution in [3.63, 3.8) is 0 Å². The van der Waals surface area contributed by atoms with Crippen LogP contribution in [0.3, 0.4) is 0 Å². The first-order chi connectivity index (χ1) is 10.6. The molecule has 1 atom stereocenters. The highest BCUT2D eigenvalue weighted by molar-refractivity contribution is 5.91. The molecule has 1 aliphatic rings. The van der Waals surface area contributed by atoms with E-state index in [-0.39, 0.29) is 5.91 Å². The van der Waals surface area contributed by atoms with E-state index in [2.05, 4.69) is 36.2 Å². The van der Waals surface area contributed by atoms with E-state index in [1.54, 1.807) is 6.08 Å². The lowest BCUT2D eigenvalue weighted by molar-refractivity contribution is -0.116. The molecule has 1 aromatic rings. The van der Waals surface area contributed by atoms with Gasteiger partial charge in [0.25, 0.3) is 0 Å². The van der Waals surface area contributed by atoms with E-state index >= 15 is 0 Å². The molecule has 1 aliphatic heterocycles. The molecule has 0 saturated carbocycles. The van der Waals surface area contributed by atoms with Gasteiger partial charge in [0.15, 0.2) is 0 Å². The molecule has 0 aromatic heterocycles. The zero-order valence-electron chi connectivity index (χ0n) is 13.8. The molecule has 1 amide bonds. The number of benzene rings is 1. The van der Waals surface area contributed by atoms with Gasteiger partial charge in [0, 0.05) is 19.2 Å². The van der Waals surface area contributed by atoms with Gasteiger partial charge in [0.1, 0.15) is 0 Å². The minimum atomic E-state index is -0.00827. The summed E-state index contributed by atoms with van der Waals surface area (Å²) in [5, 5.41) is 3.00. The molecule has 1 unspecified atom stereocenters. The van der Waals surface area contributed by atoms with E-state index in [4.69, 9.17) is 0 Å². The first kappa shape index (κ1) is 16.8. The van der Waals surface area contributed by atoms with Gasteiger partial charge in [0.05, 0.1) is 0 Å². The van der Waals surface area contributed by atoms with Crippen molar-refractivity contribution in [2.24, 2.45) is 5.92 Å². The number of nitrogens with zero attached hydrogens (tertiary/aromatic N) is 1. The molecule has 0 spiro atoms. The van der Waals surface area contributed by atoms with Gasteiger partial charge in [-0.25, -0.2) is 0 Å². The molecule has 22 heavy (non-hydrogen) atoms. The van der Waals surface area contributed by atoms with Crippen LogP contribution in [0.2, 0.25) is 0 Å². The summed E-state index contributed by atoms with van der Waals surface area (Å²) in [4.78, 5) is 14.4. The molecular weight excluding hydrogens is 272 g/mol. The fourth-order valence-corrected chi connectivity index (χ4v) is 2.83. The number of amides is 1. The number of aryl methyl sites for hydroxylation is 1. The van der Waals surface area contributed by atoms with Gasteiger partial charge in [-0.1, -0.05) is 43.2 Å². The molecule has 0 bridgehead atoms. The predicted octanol–water partition coefficient (Wildman–Crippen LogP) is 3.25. The molecule has 1 saturated heterocycles. The van der Waals surface area contributed by atoms with Crippen LogP contribution in [-0.2, 0) is 4.79 Å². The number of rotatable bonds is 6. The van der Waals surface area contributed by atoms with Crippen LogP contribution in [0.1, 0.15) is 37.3 Å². The second-order valence-electron chi connectivity index (χ2n) is 6.46. The van der Waals surface area contributed by atoms with Crippen molar-refractivity contribution in [1.29, 1.82) is 0 Å². The summed E-state index contributed by atoms with van der Waals surface area (Å²) in [5.41, 5.74) is 2.29. The van der Waals surface area contributed by atoms with E-state index in [1.165, 1.54) is 37.9 Å². The van der Waals surface area contributed by atoms with Crippen molar-refractivity contribution in [3.8, 4) is 0 Å². The van der Waals surface area contributed by atoms with E-state index < -0.39 is 0 Å². The Hall–Kier alpha value is -1.61. The van der Waals surface area contributed by atoms with Gasteiger partial charge in [0.2, 0.25) is 5.91 Å². The second kappa shape index (κ2) is 8.74. The predicted molar refractivity (Wildman–Crippen MR) is 92.7 cm³/mol. The SMILES string of the molecule is Cc1ccc(/C=C/C(=O)NCC(C)CN2CCCCC2)cc1. The average Bonchev–Trinajstić information content (AvgIpc) is 2.53. The number of hydrogen-bond donors (Lipinski definition) is 1. The monoisotopic (exact) mass is 300 g/mol. The lowest BCUT2D eigenvalue weighted by Crippen LogP contribution is -2.37. The topological polar surface area (TPSA) is 32.3 Å². The van der Waals surface area contributed by atoms with Gasteiger partial charge in [-0.2, -0.15) is 0 Å². The van der Waals surface area contributed by atoms with E-state index in [1.807, 2.05) is 18.2 Å². The van der Waals surface area contributed by atoms with Crippen LogP contribution in [-0.4, -0.2) is 37.0 Å². The van der Waals surface area contributed by atoms with Gasteiger partial charge in [-0.3, -0.25) is 4.79 Å². The van der Waals surface area contributed by atoms with Gasteiger partial charge < -0.3 is 10.2 Å². The van der Waals surface area contributed by atoms with Crippen LogP contribution in [0.4, 0.5) is 0 Å². The Balaban J connectivity index is 1.69. The smallest absolute Gasteiger partial charge is 0.244 e. The summed E-state index contributed by atoms with van der Waals surface area (Å²) in [6.07, 6.45) is 7.49. The second-order valence-corrected chi connectivity index (χ2v) is 6.46. The van der Waals surface area contributed by atoms with Gasteiger partial charge in [-0.15, -0.1) is 0 Å². The molecule has 1 heterocycles. The van der Waals surface area contributed by atoms with E-state index in [0.29, 0.717) is 5.92 Å². The fourth-order valence-electron chi connectivity index (χ4n) is 2.83. The van der Waals surface area contributed by atoms with Crippen molar-refractivity contribution in [2.75, 3.05) is 26.2 Å². The third-order valence-electron chi connectivity index (χ3n) is 4.15. The quantitative estimate of drug-likeness (QED) is 0.818. The normalized spacial score (nSPS) is 17.5. The highest BCUT2D eigenvalue weighted by atomic mass is 16.1. The van der Waals surface area contributed by atoms with Crippen LogP contribution in [0, 0.1) is 12.8 Å². The molecule has 0 aliphatic carbocycles. The lowest BCUT2D eigenvalue weighted by Gasteiger charge is -2.29. The Morgan fingerprint density at radius 3 is 2.59 bits per heavy atom. The summed E-state index contributed by atoms with van der Waals surface area (Å²) < 4.78 is 0. The molecule has 120 valence electrons. The Morgan fingerprint density at radius 2 is 1.91 bits per heavy atom. The highest BCUT2D eigenvalue weighted by Crippen LogP contribution is 2.10. The minimum Gasteiger partial charge on any atom is -0.352 e. The van der Waals surface area contributed by atoms with Crippen LogP contribution in [0.5, 0.6) is 0 Å². The van der Waals surface area contributed by atoms with Crippen LogP contribution < -0.4 is 5.32 Å². The Kier molecular flexibility index (Phi) is 6.66. The standard InChI is InChI=1S/C19H28N2O/c1-16-6-8-18(9-7-16)10-11-19(22)20-14-17(2)15-21-12-4-3-5-13-21/h6-11,17H,3-5,12-15H2,1-2H3,(H,20,22)/b11-10+. The Morgan fingerprint density at radius 1 is 1.23 bits per heavy atom. The van der Waals surface area contributed by atoms with Crippen molar-refractivity contribution >= 4 is 12.0 Å². The number of nitrogens with one attached hydrogen (secondary N) is 1. The molecule has 1 fully saturated rings. The first-order valence-electron chi connectivity index (χ1n) is 8.38. The average molecular weight is 300 g/mol. The Bertz CT molecular complexity index is 487. The molecule has 3 heteroatoms. The summed E-state index contributed by atoms with van der Waals surface area (Å²) >= 11 is 0. The third kappa shape index (κ3) is 6.02. The lowest BCUT2D eigenvalue weighted by atomic mass is 10.1. The van der Waals surface area contributed by atoms with E-state index in [9.17, 15) is 4.79 Å². The van der Waals surface area contributed by atoms with Crippen LogP contribution in [0.15, 0.2) is 30.3 Å². The first-order valence-corrected chi connectivity index (χ1v) is 8.38. The third-order valence-corrected chi connectivity index (χ3v) is 4.15. The zero-order valence-corrected chi connectivity index (χ0v) is 13.8. The maximum absolute atomic E-state index is 11.9. The van der Waals surface area contributed by atoms with Crippen molar-refractivity contribution < 1.29 is 4.79 Å². The molecular formula is C19H28N2O. The summed E-state index contributed by atoms with van der Waals surface area (Å²) in [6, 6.07) is 8.16. The zero-order chi connectivity index (χ0) is 15.8. The van der Waals surface area contributed by atoms with Gasteiger partial charge in [-0.05, 0) is 50.4 Å². The fraction of sp³-hybridized carbons (Fsp3) is 0.526. The Labute approximate surface area is 134 Å². The van der Waals surface area contributed by atoms with Crippen molar-refractivity contribution in [3.05, 3.63) is 41.5 Å². The number of carbonyl (C=O) groups is 1. The minimum absolute atomic E-state index is 0.00827. The largest absolute Gasteiger partial charge is 0.352 e. The molecule has 0 radical (unpaired) electrons. The highest BCUT2D eigenvalue weighted by Gasteiger charge is 2.13. The molecule has 3 nitrogen and oxygen atoms in total. The number of piperidine rings is 1. The molecule has 2 rings (SSSR count).